The van der Waals surface area contributed by atoms with Gasteiger partial charge in [-0.25, -0.2) is 4.39 Å². The molecule has 5 heteroatoms. The lowest BCUT2D eigenvalue weighted by molar-refractivity contribution is 0.0947. The Balaban J connectivity index is 1.93. The zero-order valence-electron chi connectivity index (χ0n) is 9.94. The minimum atomic E-state index is -0.366. The molecule has 1 aromatic heterocycles. The van der Waals surface area contributed by atoms with Gasteiger partial charge in [0.05, 0.1) is 12.2 Å². The van der Waals surface area contributed by atoms with Gasteiger partial charge < -0.3 is 9.84 Å². The Hall–Kier alpha value is -2.17. The zero-order valence-corrected chi connectivity index (χ0v) is 9.94. The summed E-state index contributed by atoms with van der Waals surface area (Å²) in [7, 11) is 0. The molecule has 1 N–H and O–H groups in total. The summed E-state index contributed by atoms with van der Waals surface area (Å²) in [6.07, 6.45) is 0.787. The first kappa shape index (κ1) is 12.3. The smallest absolute Gasteiger partial charge is 0.251 e. The Bertz CT molecular complexity index is 534. The van der Waals surface area contributed by atoms with E-state index >= 15 is 0 Å². The van der Waals surface area contributed by atoms with Gasteiger partial charge in [0, 0.05) is 11.6 Å². The lowest BCUT2D eigenvalue weighted by Crippen LogP contribution is -2.22. The number of carbonyl (C=O) groups is 1. The number of benzene rings is 1. The number of amides is 1. The molecule has 0 saturated heterocycles. The standard InChI is InChI=1S/C13H13FN2O2/c1-2-11-7-12(18-16-11)8-15-13(17)9-3-5-10(14)6-4-9/h3-7H,2,8H2,1H3,(H,15,17). The molecule has 1 heterocycles. The largest absolute Gasteiger partial charge is 0.359 e. The molecule has 0 aliphatic heterocycles. The van der Waals surface area contributed by atoms with Crippen molar-refractivity contribution in [3.8, 4) is 0 Å². The number of hydrogen-bond donors (Lipinski definition) is 1. The predicted molar refractivity (Wildman–Crippen MR) is 63.5 cm³/mol. The van der Waals surface area contributed by atoms with Crippen LogP contribution in [-0.4, -0.2) is 11.1 Å². The van der Waals surface area contributed by atoms with Gasteiger partial charge in [-0.3, -0.25) is 4.79 Å². The Morgan fingerprint density at radius 3 is 2.72 bits per heavy atom. The fourth-order valence-electron chi connectivity index (χ4n) is 1.48. The maximum absolute atomic E-state index is 12.7. The van der Waals surface area contributed by atoms with Gasteiger partial charge in [0.25, 0.3) is 5.91 Å². The molecular formula is C13H13FN2O2. The van der Waals surface area contributed by atoms with E-state index < -0.39 is 0 Å². The lowest BCUT2D eigenvalue weighted by Gasteiger charge is -2.02. The SMILES string of the molecule is CCc1cc(CNC(=O)c2ccc(F)cc2)on1. The molecule has 0 atom stereocenters. The van der Waals surface area contributed by atoms with Crippen LogP contribution < -0.4 is 5.32 Å². The van der Waals surface area contributed by atoms with E-state index in [0.717, 1.165) is 12.1 Å². The number of hydrogen-bond acceptors (Lipinski definition) is 3. The highest BCUT2D eigenvalue weighted by Crippen LogP contribution is 2.05. The van der Waals surface area contributed by atoms with Crippen LogP contribution in [0.4, 0.5) is 4.39 Å². The molecule has 0 fully saturated rings. The molecule has 0 spiro atoms. The normalized spacial score (nSPS) is 10.3. The maximum Gasteiger partial charge on any atom is 0.251 e. The molecule has 4 nitrogen and oxygen atoms in total. The number of aromatic nitrogens is 1. The van der Waals surface area contributed by atoms with Crippen molar-refractivity contribution >= 4 is 5.91 Å². The van der Waals surface area contributed by atoms with Crippen LogP contribution >= 0.6 is 0 Å². The van der Waals surface area contributed by atoms with Crippen molar-refractivity contribution < 1.29 is 13.7 Å². The zero-order chi connectivity index (χ0) is 13.0. The summed E-state index contributed by atoms with van der Waals surface area (Å²) in [5, 5.41) is 6.50. The minimum absolute atomic E-state index is 0.267. The van der Waals surface area contributed by atoms with E-state index in [2.05, 4.69) is 10.5 Å². The van der Waals surface area contributed by atoms with Crippen LogP contribution in [0.3, 0.4) is 0 Å². The molecule has 2 aromatic rings. The van der Waals surface area contributed by atoms with Crippen molar-refractivity contribution in [2.75, 3.05) is 0 Å². The highest BCUT2D eigenvalue weighted by Gasteiger charge is 2.07. The average molecular weight is 248 g/mol. The Morgan fingerprint density at radius 2 is 2.11 bits per heavy atom. The first-order valence-corrected chi connectivity index (χ1v) is 5.67. The first-order chi connectivity index (χ1) is 8.69. The minimum Gasteiger partial charge on any atom is -0.359 e. The van der Waals surface area contributed by atoms with E-state index in [1.807, 2.05) is 6.92 Å². The van der Waals surface area contributed by atoms with Gasteiger partial charge in [-0.1, -0.05) is 12.1 Å². The molecule has 18 heavy (non-hydrogen) atoms. The summed E-state index contributed by atoms with van der Waals surface area (Å²) in [5.41, 5.74) is 1.26. The van der Waals surface area contributed by atoms with E-state index in [9.17, 15) is 9.18 Å². The van der Waals surface area contributed by atoms with Gasteiger partial charge in [0.2, 0.25) is 0 Å². The molecule has 0 radical (unpaired) electrons. The maximum atomic E-state index is 12.7. The summed E-state index contributed by atoms with van der Waals surface area (Å²) in [6, 6.07) is 7.16. The molecule has 0 bridgehead atoms. The quantitative estimate of drug-likeness (QED) is 0.903. The van der Waals surface area contributed by atoms with Crippen molar-refractivity contribution in [1.29, 1.82) is 0 Å². The van der Waals surface area contributed by atoms with Crippen molar-refractivity contribution in [3.63, 3.8) is 0 Å². The Kier molecular flexibility index (Phi) is 3.72. The highest BCUT2D eigenvalue weighted by molar-refractivity contribution is 5.94. The monoisotopic (exact) mass is 248 g/mol. The Morgan fingerprint density at radius 1 is 1.39 bits per heavy atom. The van der Waals surface area contributed by atoms with Gasteiger partial charge in [0.15, 0.2) is 5.76 Å². The molecule has 1 aromatic carbocycles. The van der Waals surface area contributed by atoms with E-state index in [1.165, 1.54) is 24.3 Å². The number of halogens is 1. The van der Waals surface area contributed by atoms with Crippen LogP contribution in [0.2, 0.25) is 0 Å². The van der Waals surface area contributed by atoms with E-state index in [0.29, 0.717) is 11.3 Å². The molecular weight excluding hydrogens is 235 g/mol. The Labute approximate surface area is 104 Å². The third kappa shape index (κ3) is 2.94. The van der Waals surface area contributed by atoms with Crippen LogP contribution in [0.15, 0.2) is 34.9 Å². The van der Waals surface area contributed by atoms with Crippen LogP contribution in [-0.2, 0) is 13.0 Å². The van der Waals surface area contributed by atoms with Gasteiger partial charge >= 0.3 is 0 Å². The molecule has 0 aliphatic carbocycles. The van der Waals surface area contributed by atoms with Gasteiger partial charge in [-0.2, -0.15) is 0 Å². The first-order valence-electron chi connectivity index (χ1n) is 5.67. The molecule has 2 rings (SSSR count). The second-order valence-electron chi connectivity index (χ2n) is 3.83. The number of nitrogens with zero attached hydrogens (tertiary/aromatic N) is 1. The van der Waals surface area contributed by atoms with E-state index in [1.54, 1.807) is 6.07 Å². The average Bonchev–Trinajstić information content (AvgIpc) is 2.85. The summed E-state index contributed by atoms with van der Waals surface area (Å²) in [4.78, 5) is 11.7. The van der Waals surface area contributed by atoms with Crippen LogP contribution in [0, 0.1) is 5.82 Å². The van der Waals surface area contributed by atoms with Crippen molar-refractivity contribution in [3.05, 3.63) is 53.2 Å². The topological polar surface area (TPSA) is 55.1 Å². The van der Waals surface area contributed by atoms with Crippen LogP contribution in [0.1, 0.15) is 28.7 Å². The highest BCUT2D eigenvalue weighted by atomic mass is 19.1. The molecule has 1 amide bonds. The van der Waals surface area contributed by atoms with Crippen molar-refractivity contribution in [1.82, 2.24) is 10.5 Å². The number of carbonyl (C=O) groups excluding carboxylic acids is 1. The number of rotatable bonds is 4. The summed E-state index contributed by atoms with van der Waals surface area (Å²) in [6.45, 7) is 2.24. The number of aryl methyl sites for hydroxylation is 1. The van der Waals surface area contributed by atoms with Crippen LogP contribution in [0.5, 0.6) is 0 Å². The summed E-state index contributed by atoms with van der Waals surface area (Å²) >= 11 is 0. The lowest BCUT2D eigenvalue weighted by atomic mass is 10.2. The van der Waals surface area contributed by atoms with Crippen molar-refractivity contribution in [2.45, 2.75) is 19.9 Å². The second-order valence-corrected chi connectivity index (χ2v) is 3.83. The van der Waals surface area contributed by atoms with Crippen molar-refractivity contribution in [2.24, 2.45) is 0 Å². The van der Waals surface area contributed by atoms with Gasteiger partial charge in [-0.05, 0) is 30.7 Å². The van der Waals surface area contributed by atoms with Gasteiger partial charge in [-0.15, -0.1) is 0 Å². The van der Waals surface area contributed by atoms with Crippen LogP contribution in [0.25, 0.3) is 0 Å². The molecule has 0 aliphatic rings. The summed E-state index contributed by atoms with van der Waals surface area (Å²) in [5.74, 6) is -0.0406. The molecule has 0 unspecified atom stereocenters. The molecule has 94 valence electrons. The third-order valence-electron chi connectivity index (χ3n) is 2.50. The van der Waals surface area contributed by atoms with E-state index in [-0.39, 0.29) is 18.3 Å². The van der Waals surface area contributed by atoms with E-state index in [4.69, 9.17) is 4.52 Å². The number of nitrogens with one attached hydrogen (secondary N) is 1. The summed E-state index contributed by atoms with van der Waals surface area (Å²) < 4.78 is 17.7. The fraction of sp³-hybridized carbons (Fsp3) is 0.231. The predicted octanol–water partition coefficient (Wildman–Crippen LogP) is 2.31. The molecule has 0 saturated carbocycles. The second kappa shape index (κ2) is 5.44. The fourth-order valence-corrected chi connectivity index (χ4v) is 1.48. The third-order valence-corrected chi connectivity index (χ3v) is 2.50. The van der Waals surface area contributed by atoms with Gasteiger partial charge in [0.1, 0.15) is 5.82 Å².